The van der Waals surface area contributed by atoms with Crippen LogP contribution in [0.4, 0.5) is 5.69 Å². The van der Waals surface area contributed by atoms with Crippen LogP contribution in [0.15, 0.2) is 22.7 Å². The zero-order chi connectivity index (χ0) is 11.0. The van der Waals surface area contributed by atoms with E-state index >= 15 is 0 Å². The largest absolute Gasteiger partial charge is 0.369 e. The summed E-state index contributed by atoms with van der Waals surface area (Å²) in [4.78, 5) is 2.42. The Kier molecular flexibility index (Phi) is 3.03. The number of nitrogens with zero attached hydrogens (tertiary/aromatic N) is 1. The molecule has 0 spiro atoms. The van der Waals surface area contributed by atoms with Crippen molar-refractivity contribution in [1.29, 1.82) is 0 Å². The Hall–Kier alpha value is -0.540. The molecule has 2 N–H and O–H groups in total. The fraction of sp³-hybridized carbons (Fsp3) is 0.500. The van der Waals surface area contributed by atoms with Crippen LogP contribution in [0, 0.1) is 0 Å². The summed E-state index contributed by atoms with van der Waals surface area (Å²) >= 11 is 3.50. The summed E-state index contributed by atoms with van der Waals surface area (Å²) in [6.45, 7) is 5.48. The molecule has 0 saturated carbocycles. The molecule has 0 aromatic heterocycles. The molecule has 2 atom stereocenters. The topological polar surface area (TPSA) is 29.3 Å². The quantitative estimate of drug-likeness (QED) is 0.849. The zero-order valence-electron chi connectivity index (χ0n) is 9.20. The Bertz CT molecular complexity index is 365. The van der Waals surface area contributed by atoms with Crippen LogP contribution < -0.4 is 10.6 Å². The van der Waals surface area contributed by atoms with Gasteiger partial charge in [0.1, 0.15) is 0 Å². The van der Waals surface area contributed by atoms with Gasteiger partial charge in [0.25, 0.3) is 0 Å². The molecular formula is C12H17BrN2. The average molecular weight is 269 g/mol. The summed E-state index contributed by atoms with van der Waals surface area (Å²) in [5, 5.41) is 0. The Balaban J connectivity index is 2.48. The Morgan fingerprint density at radius 2 is 2.27 bits per heavy atom. The van der Waals surface area contributed by atoms with E-state index in [-0.39, 0.29) is 6.04 Å². The smallest absolute Gasteiger partial charge is 0.0417 e. The highest BCUT2D eigenvalue weighted by Crippen LogP contribution is 2.36. The molecule has 1 aromatic carbocycles. The molecule has 1 aromatic rings. The molecule has 1 aliphatic rings. The summed E-state index contributed by atoms with van der Waals surface area (Å²) in [5.41, 5.74) is 8.74. The molecule has 1 heterocycles. The van der Waals surface area contributed by atoms with Crippen LogP contribution in [0.25, 0.3) is 0 Å². The van der Waals surface area contributed by atoms with Gasteiger partial charge >= 0.3 is 0 Å². The number of nitrogens with two attached hydrogens (primary N) is 1. The van der Waals surface area contributed by atoms with E-state index in [4.69, 9.17) is 5.73 Å². The van der Waals surface area contributed by atoms with Gasteiger partial charge in [-0.05, 0) is 44.0 Å². The van der Waals surface area contributed by atoms with Gasteiger partial charge in [-0.15, -0.1) is 0 Å². The SMILES string of the molecule is CCN1c2ccc(Br)cc2C(N)CC1C. The zero-order valence-corrected chi connectivity index (χ0v) is 10.8. The van der Waals surface area contributed by atoms with Crippen LogP contribution in [0.3, 0.4) is 0 Å². The normalized spacial score (nSPS) is 25.2. The van der Waals surface area contributed by atoms with Gasteiger partial charge in [-0.2, -0.15) is 0 Å². The van der Waals surface area contributed by atoms with E-state index in [2.05, 4.69) is 52.9 Å². The maximum atomic E-state index is 6.18. The van der Waals surface area contributed by atoms with Crippen molar-refractivity contribution in [2.24, 2.45) is 5.73 Å². The monoisotopic (exact) mass is 268 g/mol. The average Bonchev–Trinajstić information content (AvgIpc) is 2.19. The molecule has 0 aliphatic carbocycles. The lowest BCUT2D eigenvalue weighted by atomic mass is 9.92. The van der Waals surface area contributed by atoms with Gasteiger partial charge in [-0.25, -0.2) is 0 Å². The second kappa shape index (κ2) is 4.14. The molecule has 82 valence electrons. The van der Waals surface area contributed by atoms with Crippen molar-refractivity contribution in [3.8, 4) is 0 Å². The molecule has 2 rings (SSSR count). The van der Waals surface area contributed by atoms with Crippen LogP contribution in [0.2, 0.25) is 0 Å². The highest BCUT2D eigenvalue weighted by Gasteiger charge is 2.26. The number of hydrogen-bond acceptors (Lipinski definition) is 2. The van der Waals surface area contributed by atoms with Crippen LogP contribution in [-0.2, 0) is 0 Å². The second-order valence-electron chi connectivity index (χ2n) is 4.18. The molecule has 0 saturated heterocycles. The van der Waals surface area contributed by atoms with Gasteiger partial charge in [0, 0.05) is 28.8 Å². The lowest BCUT2D eigenvalue weighted by molar-refractivity contribution is 0.502. The van der Waals surface area contributed by atoms with Crippen molar-refractivity contribution in [1.82, 2.24) is 0 Å². The third kappa shape index (κ3) is 1.91. The first-order valence-electron chi connectivity index (χ1n) is 5.45. The lowest BCUT2D eigenvalue weighted by Crippen LogP contribution is -2.40. The Morgan fingerprint density at radius 1 is 1.53 bits per heavy atom. The van der Waals surface area contributed by atoms with E-state index in [1.54, 1.807) is 0 Å². The number of anilines is 1. The van der Waals surface area contributed by atoms with E-state index in [0.29, 0.717) is 6.04 Å². The first-order chi connectivity index (χ1) is 7.13. The Labute approximate surface area is 99.6 Å². The maximum Gasteiger partial charge on any atom is 0.0417 e. The van der Waals surface area contributed by atoms with E-state index in [9.17, 15) is 0 Å². The fourth-order valence-corrected chi connectivity index (χ4v) is 2.80. The number of fused-ring (bicyclic) bond motifs is 1. The molecule has 2 unspecified atom stereocenters. The molecular weight excluding hydrogens is 252 g/mol. The van der Waals surface area contributed by atoms with Crippen LogP contribution in [-0.4, -0.2) is 12.6 Å². The standard InChI is InChI=1S/C12H17BrN2/c1-3-15-8(2)6-11(14)10-7-9(13)4-5-12(10)15/h4-5,7-8,11H,3,6,14H2,1-2H3. The van der Waals surface area contributed by atoms with Crippen molar-refractivity contribution in [3.05, 3.63) is 28.2 Å². The third-order valence-electron chi connectivity index (χ3n) is 3.17. The minimum absolute atomic E-state index is 0.176. The molecule has 0 amide bonds. The van der Waals surface area contributed by atoms with Gasteiger partial charge in [0.15, 0.2) is 0 Å². The number of rotatable bonds is 1. The van der Waals surface area contributed by atoms with Crippen LogP contribution in [0.1, 0.15) is 31.9 Å². The molecule has 0 radical (unpaired) electrons. The summed E-state index contributed by atoms with van der Waals surface area (Å²) < 4.78 is 1.11. The van der Waals surface area contributed by atoms with Crippen LogP contribution >= 0.6 is 15.9 Å². The first-order valence-corrected chi connectivity index (χ1v) is 6.24. The maximum absolute atomic E-state index is 6.18. The van der Waals surface area contributed by atoms with Gasteiger partial charge < -0.3 is 10.6 Å². The van der Waals surface area contributed by atoms with E-state index in [0.717, 1.165) is 17.4 Å². The van der Waals surface area contributed by atoms with Gasteiger partial charge in [-0.3, -0.25) is 0 Å². The number of benzene rings is 1. The highest BCUT2D eigenvalue weighted by molar-refractivity contribution is 9.10. The summed E-state index contributed by atoms with van der Waals surface area (Å²) in [7, 11) is 0. The van der Waals surface area contributed by atoms with Crippen molar-refractivity contribution in [2.45, 2.75) is 32.4 Å². The third-order valence-corrected chi connectivity index (χ3v) is 3.66. The predicted molar refractivity (Wildman–Crippen MR) is 68.2 cm³/mol. The second-order valence-corrected chi connectivity index (χ2v) is 5.10. The fourth-order valence-electron chi connectivity index (χ4n) is 2.43. The number of hydrogen-bond donors (Lipinski definition) is 1. The van der Waals surface area contributed by atoms with E-state index in [1.165, 1.54) is 11.3 Å². The van der Waals surface area contributed by atoms with Crippen LogP contribution in [0.5, 0.6) is 0 Å². The van der Waals surface area contributed by atoms with Crippen molar-refractivity contribution >= 4 is 21.6 Å². The first kappa shape index (κ1) is 11.0. The predicted octanol–water partition coefficient (Wildman–Crippen LogP) is 3.07. The minimum Gasteiger partial charge on any atom is -0.369 e. The highest BCUT2D eigenvalue weighted by atomic mass is 79.9. The van der Waals surface area contributed by atoms with Crippen molar-refractivity contribution in [2.75, 3.05) is 11.4 Å². The van der Waals surface area contributed by atoms with E-state index in [1.807, 2.05) is 0 Å². The number of halogens is 1. The van der Waals surface area contributed by atoms with Gasteiger partial charge in [0.05, 0.1) is 0 Å². The summed E-state index contributed by atoms with van der Waals surface area (Å²) in [6, 6.07) is 7.12. The summed E-state index contributed by atoms with van der Waals surface area (Å²) in [5.74, 6) is 0. The van der Waals surface area contributed by atoms with Gasteiger partial charge in [-0.1, -0.05) is 15.9 Å². The van der Waals surface area contributed by atoms with Crippen molar-refractivity contribution in [3.63, 3.8) is 0 Å². The summed E-state index contributed by atoms with van der Waals surface area (Å²) in [6.07, 6.45) is 1.04. The minimum atomic E-state index is 0.176. The molecule has 1 aliphatic heterocycles. The molecule has 2 nitrogen and oxygen atoms in total. The van der Waals surface area contributed by atoms with Gasteiger partial charge in [0.2, 0.25) is 0 Å². The lowest BCUT2D eigenvalue weighted by Gasteiger charge is -2.39. The Morgan fingerprint density at radius 3 is 2.93 bits per heavy atom. The molecule has 15 heavy (non-hydrogen) atoms. The molecule has 0 fully saturated rings. The molecule has 0 bridgehead atoms. The molecule has 3 heteroatoms. The van der Waals surface area contributed by atoms with Crippen molar-refractivity contribution < 1.29 is 0 Å². The van der Waals surface area contributed by atoms with E-state index < -0.39 is 0 Å².